The maximum absolute atomic E-state index is 12.6. The quantitative estimate of drug-likeness (QED) is 0.805. The third-order valence-electron chi connectivity index (χ3n) is 4.27. The lowest BCUT2D eigenvalue weighted by molar-refractivity contribution is -0.00192. The number of methoxy groups -OCH3 is 1. The van der Waals surface area contributed by atoms with Gasteiger partial charge in [0.15, 0.2) is 0 Å². The molecular formula is C17H15NO3. The van der Waals surface area contributed by atoms with Crippen LogP contribution in [0.1, 0.15) is 40.7 Å². The van der Waals surface area contributed by atoms with Gasteiger partial charge in [0.1, 0.15) is 11.5 Å². The van der Waals surface area contributed by atoms with Crippen LogP contribution in [0.15, 0.2) is 42.5 Å². The van der Waals surface area contributed by atoms with Crippen molar-refractivity contribution in [2.24, 2.45) is 0 Å². The molecule has 4 nitrogen and oxygen atoms in total. The standard InChI is InChI=1S/C17H15NO3/c1-10-14-9-11(20-2)7-8-15(14)21-17-13-6-4-3-5-12(13)16(19)18(10)17/h3-10,17H,1-2H3/t10-,17+/m0/s1. The molecule has 2 aliphatic heterocycles. The first-order chi connectivity index (χ1) is 10.2. The summed E-state index contributed by atoms with van der Waals surface area (Å²) in [6, 6.07) is 13.3. The monoisotopic (exact) mass is 281 g/mol. The fourth-order valence-electron chi connectivity index (χ4n) is 3.16. The molecule has 106 valence electrons. The number of amides is 1. The first kappa shape index (κ1) is 12.3. The van der Waals surface area contributed by atoms with Crippen LogP contribution in [0.4, 0.5) is 0 Å². The van der Waals surface area contributed by atoms with E-state index in [1.165, 1.54) is 0 Å². The van der Waals surface area contributed by atoms with Gasteiger partial charge in [0.25, 0.3) is 5.91 Å². The Hall–Kier alpha value is -2.49. The van der Waals surface area contributed by atoms with Crippen molar-refractivity contribution in [3.05, 3.63) is 59.2 Å². The summed E-state index contributed by atoms with van der Waals surface area (Å²) in [4.78, 5) is 14.4. The number of rotatable bonds is 1. The highest BCUT2D eigenvalue weighted by atomic mass is 16.5. The Balaban J connectivity index is 1.85. The summed E-state index contributed by atoms with van der Waals surface area (Å²) in [5.41, 5.74) is 2.65. The van der Waals surface area contributed by atoms with Gasteiger partial charge in [0, 0.05) is 16.7 Å². The number of benzene rings is 2. The smallest absolute Gasteiger partial charge is 0.257 e. The second kappa shape index (κ2) is 4.25. The van der Waals surface area contributed by atoms with Crippen LogP contribution in [-0.2, 0) is 0 Å². The molecule has 21 heavy (non-hydrogen) atoms. The van der Waals surface area contributed by atoms with Gasteiger partial charge >= 0.3 is 0 Å². The molecular weight excluding hydrogens is 266 g/mol. The highest BCUT2D eigenvalue weighted by Crippen LogP contribution is 2.47. The minimum atomic E-state index is -0.329. The molecule has 2 aromatic carbocycles. The molecule has 0 saturated carbocycles. The van der Waals surface area contributed by atoms with E-state index in [9.17, 15) is 4.79 Å². The molecule has 2 heterocycles. The highest BCUT2D eigenvalue weighted by Gasteiger charge is 2.44. The maximum Gasteiger partial charge on any atom is 0.257 e. The van der Waals surface area contributed by atoms with Crippen molar-refractivity contribution in [1.82, 2.24) is 4.90 Å². The second-order valence-electron chi connectivity index (χ2n) is 5.35. The van der Waals surface area contributed by atoms with Crippen molar-refractivity contribution in [1.29, 1.82) is 0 Å². The van der Waals surface area contributed by atoms with E-state index in [1.807, 2.05) is 49.4 Å². The molecule has 2 aliphatic rings. The SMILES string of the molecule is COc1ccc2c(c1)[C@H](C)N1C(=O)c3ccccc3[C@H]1O2. The van der Waals surface area contributed by atoms with Crippen molar-refractivity contribution in [3.8, 4) is 11.5 Å². The highest BCUT2D eigenvalue weighted by molar-refractivity contribution is 5.99. The first-order valence-corrected chi connectivity index (χ1v) is 6.97. The van der Waals surface area contributed by atoms with Crippen LogP contribution < -0.4 is 9.47 Å². The predicted octanol–water partition coefficient (Wildman–Crippen LogP) is 3.30. The largest absolute Gasteiger partial charge is 0.497 e. The minimum absolute atomic E-state index is 0.0246. The third-order valence-corrected chi connectivity index (χ3v) is 4.27. The van der Waals surface area contributed by atoms with Crippen molar-refractivity contribution in [2.45, 2.75) is 19.2 Å². The second-order valence-corrected chi connectivity index (χ2v) is 5.35. The molecule has 4 rings (SSSR count). The molecule has 0 unspecified atom stereocenters. The Bertz CT molecular complexity index is 741. The van der Waals surface area contributed by atoms with Gasteiger partial charge in [0.05, 0.1) is 13.2 Å². The van der Waals surface area contributed by atoms with Gasteiger partial charge in [-0.3, -0.25) is 9.69 Å². The molecule has 0 spiro atoms. The summed E-state index contributed by atoms with van der Waals surface area (Å²) in [5.74, 6) is 1.61. The van der Waals surface area contributed by atoms with Gasteiger partial charge in [-0.1, -0.05) is 18.2 Å². The molecule has 2 atom stereocenters. The Morgan fingerprint density at radius 3 is 2.76 bits per heavy atom. The molecule has 0 saturated heterocycles. The molecule has 0 aromatic heterocycles. The number of ether oxygens (including phenoxy) is 2. The zero-order valence-corrected chi connectivity index (χ0v) is 11.9. The molecule has 0 radical (unpaired) electrons. The van der Waals surface area contributed by atoms with Crippen molar-refractivity contribution in [3.63, 3.8) is 0 Å². The Morgan fingerprint density at radius 2 is 1.95 bits per heavy atom. The van der Waals surface area contributed by atoms with Crippen LogP contribution in [0.25, 0.3) is 0 Å². The molecule has 0 N–H and O–H groups in total. The number of carbonyl (C=O) groups excluding carboxylic acids is 1. The molecule has 4 heteroatoms. The average molecular weight is 281 g/mol. The summed E-state index contributed by atoms with van der Waals surface area (Å²) in [6.07, 6.45) is -0.329. The van der Waals surface area contributed by atoms with Crippen molar-refractivity contribution < 1.29 is 14.3 Å². The number of hydrogen-bond acceptors (Lipinski definition) is 3. The lowest BCUT2D eigenvalue weighted by Crippen LogP contribution is -2.37. The number of hydrogen-bond donors (Lipinski definition) is 0. The van der Waals surface area contributed by atoms with Gasteiger partial charge in [-0.25, -0.2) is 0 Å². The van der Waals surface area contributed by atoms with Crippen LogP contribution in [0.5, 0.6) is 11.5 Å². The van der Waals surface area contributed by atoms with E-state index in [0.717, 1.165) is 28.2 Å². The van der Waals surface area contributed by atoms with Gasteiger partial charge in [-0.2, -0.15) is 0 Å². The topological polar surface area (TPSA) is 38.8 Å². The average Bonchev–Trinajstić information content (AvgIpc) is 2.81. The predicted molar refractivity (Wildman–Crippen MR) is 77.4 cm³/mol. The van der Waals surface area contributed by atoms with Crippen LogP contribution in [0.2, 0.25) is 0 Å². The van der Waals surface area contributed by atoms with Crippen LogP contribution in [0, 0.1) is 0 Å². The summed E-state index contributed by atoms with van der Waals surface area (Å²) in [5, 5.41) is 0. The van der Waals surface area contributed by atoms with Crippen LogP contribution in [0.3, 0.4) is 0 Å². The molecule has 0 fully saturated rings. The van der Waals surface area contributed by atoms with Crippen molar-refractivity contribution >= 4 is 5.91 Å². The van der Waals surface area contributed by atoms with Crippen LogP contribution in [-0.4, -0.2) is 17.9 Å². The summed E-state index contributed by atoms with van der Waals surface area (Å²) < 4.78 is 11.3. The van der Waals surface area contributed by atoms with E-state index in [-0.39, 0.29) is 18.2 Å². The van der Waals surface area contributed by atoms with Gasteiger partial charge in [-0.15, -0.1) is 0 Å². The summed E-state index contributed by atoms with van der Waals surface area (Å²) >= 11 is 0. The zero-order valence-electron chi connectivity index (χ0n) is 11.9. The fraction of sp³-hybridized carbons (Fsp3) is 0.235. The van der Waals surface area contributed by atoms with Crippen LogP contribution >= 0.6 is 0 Å². The molecule has 0 bridgehead atoms. The van der Waals surface area contributed by atoms with E-state index in [1.54, 1.807) is 12.0 Å². The normalized spacial score (nSPS) is 22.2. The third kappa shape index (κ3) is 1.59. The summed E-state index contributed by atoms with van der Waals surface area (Å²) in [6.45, 7) is 2.03. The lowest BCUT2D eigenvalue weighted by Gasteiger charge is -2.37. The zero-order chi connectivity index (χ0) is 14.6. The minimum Gasteiger partial charge on any atom is -0.497 e. The van der Waals surface area contributed by atoms with Crippen molar-refractivity contribution in [2.75, 3.05) is 7.11 Å². The maximum atomic E-state index is 12.6. The Kier molecular flexibility index (Phi) is 2.48. The van der Waals surface area contributed by atoms with Gasteiger partial charge in [-0.05, 0) is 31.2 Å². The van der Waals surface area contributed by atoms with E-state index in [2.05, 4.69) is 0 Å². The molecule has 1 amide bonds. The Labute approximate surface area is 122 Å². The van der Waals surface area contributed by atoms with E-state index >= 15 is 0 Å². The summed E-state index contributed by atoms with van der Waals surface area (Å²) in [7, 11) is 1.63. The fourth-order valence-corrected chi connectivity index (χ4v) is 3.16. The van der Waals surface area contributed by atoms with E-state index in [0.29, 0.717) is 0 Å². The van der Waals surface area contributed by atoms with Gasteiger partial charge < -0.3 is 9.47 Å². The number of carbonyl (C=O) groups is 1. The van der Waals surface area contributed by atoms with E-state index in [4.69, 9.17) is 9.47 Å². The van der Waals surface area contributed by atoms with E-state index < -0.39 is 0 Å². The molecule has 0 aliphatic carbocycles. The number of fused-ring (bicyclic) bond motifs is 4. The van der Waals surface area contributed by atoms with Gasteiger partial charge in [0.2, 0.25) is 6.23 Å². The molecule has 2 aromatic rings. The first-order valence-electron chi connectivity index (χ1n) is 6.97. The lowest BCUT2D eigenvalue weighted by atomic mass is 10.0. The number of nitrogens with zero attached hydrogens (tertiary/aromatic N) is 1. The Morgan fingerprint density at radius 1 is 1.14 bits per heavy atom.